The summed E-state index contributed by atoms with van der Waals surface area (Å²) in [5.74, 6) is -1.77. The average Bonchev–Trinajstić information content (AvgIpc) is 3.10. The summed E-state index contributed by atoms with van der Waals surface area (Å²) in [5.41, 5.74) is 6.50. The zero-order chi connectivity index (χ0) is 16.9. The molecule has 1 atom stereocenters. The molecule has 0 saturated heterocycles. The molecule has 3 rings (SSSR count). The number of nitrogens with one attached hydrogen (secondary N) is 1. The van der Waals surface area contributed by atoms with E-state index in [9.17, 15) is 10.1 Å². The van der Waals surface area contributed by atoms with Crippen LogP contribution in [-0.2, 0) is 0 Å². The molecule has 10 heteroatoms. The molecule has 3 N–H and O–H groups in total. The number of carbonyl (C=O) groups is 1. The summed E-state index contributed by atoms with van der Waals surface area (Å²) in [6, 6.07) is 11.0. The second-order valence-electron chi connectivity index (χ2n) is 4.59. The van der Waals surface area contributed by atoms with E-state index in [-0.39, 0.29) is 23.4 Å². The molecular weight excluding hydrogens is 328 g/mol. The minimum atomic E-state index is -1.24. The van der Waals surface area contributed by atoms with Crippen LogP contribution in [0.3, 0.4) is 0 Å². The summed E-state index contributed by atoms with van der Waals surface area (Å²) in [6.07, 6.45) is 1.30. The van der Waals surface area contributed by atoms with Gasteiger partial charge in [0.15, 0.2) is 11.7 Å². The van der Waals surface area contributed by atoms with Gasteiger partial charge in [-0.25, -0.2) is 0 Å². The van der Waals surface area contributed by atoms with Crippen LogP contribution < -0.4 is 11.1 Å². The first-order valence-corrected chi connectivity index (χ1v) is 7.45. The number of nitriles is 1. The monoisotopic (exact) mass is 338 g/mol. The van der Waals surface area contributed by atoms with Gasteiger partial charge in [0.05, 0.1) is 24.0 Å². The largest absolute Gasteiger partial charge is 0.368 e. The van der Waals surface area contributed by atoms with E-state index in [0.29, 0.717) is 0 Å². The van der Waals surface area contributed by atoms with E-state index in [1.807, 2.05) is 36.4 Å². The molecule has 0 spiro atoms. The Balaban J connectivity index is 1.92. The average molecular weight is 338 g/mol. The number of nitrogens with two attached hydrogens (primary N) is 1. The standard InChI is InChI=1S/C14H10N8OS/c15-6-9(11(23)10-7-17-24-22-10)12-19-13(16)21-14(20-12)18-8-4-2-1-3-5-8/h1-5,7,9H,(H3,16,18,19,20,21)/t9-/m1/s1. The second-order valence-corrected chi connectivity index (χ2v) is 5.14. The Morgan fingerprint density at radius 1 is 1.25 bits per heavy atom. The number of anilines is 3. The van der Waals surface area contributed by atoms with Gasteiger partial charge in [0.1, 0.15) is 5.69 Å². The molecule has 0 saturated carbocycles. The summed E-state index contributed by atoms with van der Waals surface area (Å²) in [4.78, 5) is 24.3. The van der Waals surface area contributed by atoms with Gasteiger partial charge < -0.3 is 11.1 Å². The molecule has 1 aromatic carbocycles. The molecule has 0 aliphatic heterocycles. The number of aromatic nitrogens is 5. The minimum Gasteiger partial charge on any atom is -0.368 e. The molecule has 2 heterocycles. The number of rotatable bonds is 5. The highest BCUT2D eigenvalue weighted by atomic mass is 32.1. The smallest absolute Gasteiger partial charge is 0.232 e. The minimum absolute atomic E-state index is 0.0403. The molecule has 3 aromatic rings. The maximum absolute atomic E-state index is 12.3. The van der Waals surface area contributed by atoms with E-state index in [1.54, 1.807) is 0 Å². The lowest BCUT2D eigenvalue weighted by molar-refractivity contribution is 0.0972. The van der Waals surface area contributed by atoms with Crippen molar-refractivity contribution in [3.05, 3.63) is 48.0 Å². The molecular formula is C14H10N8OS. The van der Waals surface area contributed by atoms with Crippen LogP contribution in [0, 0.1) is 11.3 Å². The van der Waals surface area contributed by atoms with E-state index in [0.717, 1.165) is 17.4 Å². The van der Waals surface area contributed by atoms with Gasteiger partial charge in [0.2, 0.25) is 17.7 Å². The zero-order valence-electron chi connectivity index (χ0n) is 12.1. The lowest BCUT2D eigenvalue weighted by Gasteiger charge is -2.09. The summed E-state index contributed by atoms with van der Waals surface area (Å²) < 4.78 is 7.59. The predicted molar refractivity (Wildman–Crippen MR) is 86.6 cm³/mol. The topological polar surface area (TPSA) is 143 Å². The van der Waals surface area contributed by atoms with Gasteiger partial charge in [-0.3, -0.25) is 4.79 Å². The third kappa shape index (κ3) is 3.31. The molecule has 0 radical (unpaired) electrons. The molecule has 0 aliphatic carbocycles. The molecule has 0 unspecified atom stereocenters. The molecule has 24 heavy (non-hydrogen) atoms. The Morgan fingerprint density at radius 2 is 2.04 bits per heavy atom. The Hall–Kier alpha value is -3.45. The number of ketones is 1. The van der Waals surface area contributed by atoms with Crippen molar-refractivity contribution >= 4 is 35.1 Å². The summed E-state index contributed by atoms with van der Waals surface area (Å²) in [7, 11) is 0. The third-order valence-corrected chi connectivity index (χ3v) is 3.44. The van der Waals surface area contributed by atoms with Crippen molar-refractivity contribution < 1.29 is 4.79 Å². The molecule has 0 amide bonds. The highest BCUT2D eigenvalue weighted by Crippen LogP contribution is 2.20. The first-order chi connectivity index (χ1) is 11.7. The normalized spacial score (nSPS) is 11.5. The van der Waals surface area contributed by atoms with Gasteiger partial charge in [0, 0.05) is 5.69 Å². The van der Waals surface area contributed by atoms with E-state index in [2.05, 4.69) is 29.0 Å². The van der Waals surface area contributed by atoms with Crippen LogP contribution in [0.2, 0.25) is 0 Å². The number of hydrogen-bond donors (Lipinski definition) is 2. The molecule has 118 valence electrons. The number of carbonyl (C=O) groups excluding carboxylic acids is 1. The van der Waals surface area contributed by atoms with Crippen LogP contribution in [0.4, 0.5) is 17.6 Å². The molecule has 9 nitrogen and oxygen atoms in total. The van der Waals surface area contributed by atoms with Crippen molar-refractivity contribution in [2.24, 2.45) is 0 Å². The van der Waals surface area contributed by atoms with E-state index in [1.165, 1.54) is 6.20 Å². The number of hydrogen-bond acceptors (Lipinski definition) is 10. The number of nitrogens with zero attached hydrogens (tertiary/aromatic N) is 6. The SMILES string of the molecule is N#C[C@H](C(=O)c1cnsn1)c1nc(N)nc(Nc2ccccc2)n1. The van der Waals surface area contributed by atoms with Crippen LogP contribution in [-0.4, -0.2) is 29.5 Å². The van der Waals surface area contributed by atoms with E-state index in [4.69, 9.17) is 5.73 Å². The van der Waals surface area contributed by atoms with Crippen molar-refractivity contribution in [2.75, 3.05) is 11.1 Å². The number of para-hydroxylation sites is 1. The second kappa shape index (κ2) is 6.76. The summed E-state index contributed by atoms with van der Waals surface area (Å²) in [5, 5.41) is 12.3. The highest BCUT2D eigenvalue weighted by molar-refractivity contribution is 6.99. The van der Waals surface area contributed by atoms with Gasteiger partial charge in [-0.15, -0.1) is 0 Å². The molecule has 0 fully saturated rings. The van der Waals surface area contributed by atoms with Gasteiger partial charge >= 0.3 is 0 Å². The van der Waals surface area contributed by atoms with Crippen molar-refractivity contribution in [1.82, 2.24) is 23.7 Å². The molecule has 0 aliphatic rings. The van der Waals surface area contributed by atoms with E-state index < -0.39 is 11.7 Å². The van der Waals surface area contributed by atoms with Crippen molar-refractivity contribution in [3.63, 3.8) is 0 Å². The Morgan fingerprint density at radius 3 is 2.71 bits per heavy atom. The van der Waals surface area contributed by atoms with Gasteiger partial charge in [-0.1, -0.05) is 18.2 Å². The third-order valence-electron chi connectivity index (χ3n) is 2.96. The highest BCUT2D eigenvalue weighted by Gasteiger charge is 2.27. The van der Waals surface area contributed by atoms with E-state index >= 15 is 0 Å². The Bertz CT molecular complexity index is 891. The fourth-order valence-electron chi connectivity index (χ4n) is 1.90. The maximum Gasteiger partial charge on any atom is 0.232 e. The predicted octanol–water partition coefficient (Wildman–Crippen LogP) is 1.54. The summed E-state index contributed by atoms with van der Waals surface area (Å²) in [6.45, 7) is 0. The fourth-order valence-corrected chi connectivity index (χ4v) is 2.32. The summed E-state index contributed by atoms with van der Waals surface area (Å²) >= 11 is 0.879. The van der Waals surface area contributed by atoms with Crippen LogP contribution >= 0.6 is 11.7 Å². The van der Waals surface area contributed by atoms with Crippen LogP contribution in [0.25, 0.3) is 0 Å². The maximum atomic E-state index is 12.3. The van der Waals surface area contributed by atoms with Crippen LogP contribution in [0.5, 0.6) is 0 Å². The lowest BCUT2D eigenvalue weighted by Crippen LogP contribution is -2.17. The first kappa shape index (κ1) is 15.4. The zero-order valence-corrected chi connectivity index (χ0v) is 12.9. The molecule has 0 bridgehead atoms. The van der Waals surface area contributed by atoms with Crippen molar-refractivity contribution in [3.8, 4) is 6.07 Å². The number of Topliss-reactive ketones (excluding diaryl/α,β-unsaturated/α-hetero) is 1. The lowest BCUT2D eigenvalue weighted by atomic mass is 10.0. The van der Waals surface area contributed by atoms with Crippen molar-refractivity contribution in [2.45, 2.75) is 5.92 Å². The van der Waals surface area contributed by atoms with Crippen LogP contribution in [0.1, 0.15) is 22.2 Å². The van der Waals surface area contributed by atoms with Gasteiger partial charge in [-0.05, 0) is 12.1 Å². The fraction of sp³-hybridized carbons (Fsp3) is 0.0714. The first-order valence-electron chi connectivity index (χ1n) is 6.72. The van der Waals surface area contributed by atoms with Gasteiger partial charge in [-0.2, -0.15) is 29.0 Å². The molecule has 2 aromatic heterocycles. The quantitative estimate of drug-likeness (QED) is 0.662. The Kier molecular flexibility index (Phi) is 4.35. The Labute approximate surface area is 140 Å². The van der Waals surface area contributed by atoms with Gasteiger partial charge in [0.25, 0.3) is 0 Å². The van der Waals surface area contributed by atoms with Crippen LogP contribution in [0.15, 0.2) is 36.5 Å². The number of benzene rings is 1. The van der Waals surface area contributed by atoms with Crippen molar-refractivity contribution in [1.29, 1.82) is 5.26 Å². The number of nitrogen functional groups attached to an aromatic ring is 1.